The number of rotatable bonds is 6. The molecule has 3 aromatic rings. The number of amides is 1. The van der Waals surface area contributed by atoms with Crippen molar-refractivity contribution in [1.29, 1.82) is 0 Å². The molecule has 5 rings (SSSR count). The molecule has 154 valence electrons. The zero-order chi connectivity index (χ0) is 20.7. The van der Waals surface area contributed by atoms with E-state index in [-0.39, 0.29) is 23.4 Å². The normalized spacial score (nSPS) is 24.7. The summed E-state index contributed by atoms with van der Waals surface area (Å²) in [6.45, 7) is 0. The summed E-state index contributed by atoms with van der Waals surface area (Å²) in [5.74, 6) is -0.199. The van der Waals surface area contributed by atoms with Crippen LogP contribution in [0, 0.1) is 11.2 Å². The second kappa shape index (κ2) is 7.08. The molecule has 2 saturated carbocycles. The van der Waals surface area contributed by atoms with Crippen LogP contribution in [-0.2, 0) is 0 Å². The monoisotopic (exact) mass is 409 g/mol. The number of hydrogen-bond acceptors (Lipinski definition) is 7. The summed E-state index contributed by atoms with van der Waals surface area (Å²) < 4.78 is 24.6. The molecule has 0 aliphatic heterocycles. The maximum absolute atomic E-state index is 13.0. The number of aromatic nitrogens is 3. The number of carbonyl (C=O) groups is 1. The molecule has 1 amide bonds. The minimum atomic E-state index is -0.542. The summed E-state index contributed by atoms with van der Waals surface area (Å²) >= 11 is 0. The molecule has 2 aromatic heterocycles. The molecule has 0 saturated heterocycles. The van der Waals surface area contributed by atoms with Crippen molar-refractivity contribution >= 4 is 11.9 Å². The second-order valence-electron chi connectivity index (χ2n) is 8.04. The number of benzene rings is 1. The smallest absolute Gasteiger partial charge is 0.315 e. The summed E-state index contributed by atoms with van der Waals surface area (Å²) in [4.78, 5) is 15.6. The first kappa shape index (κ1) is 18.5. The maximum atomic E-state index is 13.0. The molecule has 0 bridgehead atoms. The molecular formula is C21H20FN5O3. The lowest BCUT2D eigenvalue weighted by Crippen LogP contribution is -2.56. The Morgan fingerprint density at radius 2 is 1.93 bits per heavy atom. The molecule has 2 aliphatic carbocycles. The predicted molar refractivity (Wildman–Crippen MR) is 105 cm³/mol. The molecule has 0 unspecified atom stereocenters. The minimum absolute atomic E-state index is 0.0347. The van der Waals surface area contributed by atoms with Gasteiger partial charge in [-0.1, -0.05) is 5.10 Å². The molecule has 2 heterocycles. The number of halogens is 1. The third-order valence-corrected chi connectivity index (χ3v) is 5.84. The van der Waals surface area contributed by atoms with Crippen molar-refractivity contribution in [3.8, 4) is 17.3 Å². The number of hydrogen-bond donors (Lipinski definition) is 2. The van der Waals surface area contributed by atoms with Crippen LogP contribution in [0.4, 0.5) is 10.4 Å². The maximum Gasteiger partial charge on any atom is 0.315 e. The van der Waals surface area contributed by atoms with Gasteiger partial charge in [0.1, 0.15) is 17.5 Å². The molecule has 2 aliphatic rings. The highest BCUT2D eigenvalue weighted by Crippen LogP contribution is 2.57. The van der Waals surface area contributed by atoms with Gasteiger partial charge >= 0.3 is 6.01 Å². The molecule has 1 spiro atoms. The van der Waals surface area contributed by atoms with E-state index < -0.39 is 5.91 Å². The average molecular weight is 409 g/mol. The first-order valence-electron chi connectivity index (χ1n) is 9.77. The number of ether oxygens (including phenoxy) is 1. The third kappa shape index (κ3) is 3.47. The highest BCUT2D eigenvalue weighted by Gasteiger charge is 2.54. The lowest BCUT2D eigenvalue weighted by Gasteiger charge is -2.56. The predicted octanol–water partition coefficient (Wildman–Crippen LogP) is 3.17. The van der Waals surface area contributed by atoms with Crippen molar-refractivity contribution in [3.63, 3.8) is 0 Å². The van der Waals surface area contributed by atoms with Gasteiger partial charge in [-0.05, 0) is 67.5 Å². The Kier molecular flexibility index (Phi) is 4.38. The van der Waals surface area contributed by atoms with Crippen LogP contribution in [0.3, 0.4) is 0 Å². The van der Waals surface area contributed by atoms with Crippen molar-refractivity contribution < 1.29 is 18.3 Å². The molecule has 8 nitrogen and oxygen atoms in total. The van der Waals surface area contributed by atoms with E-state index in [9.17, 15) is 9.18 Å². The van der Waals surface area contributed by atoms with Crippen molar-refractivity contribution in [3.05, 3.63) is 54.0 Å². The van der Waals surface area contributed by atoms with Crippen LogP contribution in [0.1, 0.15) is 36.0 Å². The lowest BCUT2D eigenvalue weighted by molar-refractivity contribution is -0.0762. The minimum Gasteiger partial charge on any atom is -0.474 e. The van der Waals surface area contributed by atoms with Crippen LogP contribution >= 0.6 is 0 Å². The molecule has 2 fully saturated rings. The van der Waals surface area contributed by atoms with Crippen LogP contribution in [0.25, 0.3) is 11.5 Å². The van der Waals surface area contributed by atoms with E-state index in [0.717, 1.165) is 25.7 Å². The number of nitrogens with zero attached hydrogens (tertiary/aromatic N) is 3. The Bertz CT molecular complexity index is 1070. The number of pyridine rings is 1. The van der Waals surface area contributed by atoms with E-state index in [4.69, 9.17) is 14.9 Å². The van der Waals surface area contributed by atoms with E-state index in [1.807, 2.05) is 0 Å². The summed E-state index contributed by atoms with van der Waals surface area (Å²) in [6, 6.07) is 9.81. The SMILES string of the molecule is NC(=O)c1cccnc1OC1CC2(CC(Nc3nnc(-c4ccc(F)cc4)o3)C2)C1. The fourth-order valence-corrected chi connectivity index (χ4v) is 4.41. The van der Waals surface area contributed by atoms with Crippen LogP contribution in [0.2, 0.25) is 0 Å². The van der Waals surface area contributed by atoms with Gasteiger partial charge in [0.15, 0.2) is 0 Å². The van der Waals surface area contributed by atoms with Gasteiger partial charge in [0.2, 0.25) is 11.8 Å². The number of nitrogens with two attached hydrogens (primary N) is 1. The van der Waals surface area contributed by atoms with Crippen molar-refractivity contribution in [2.75, 3.05) is 5.32 Å². The fourth-order valence-electron chi connectivity index (χ4n) is 4.41. The van der Waals surface area contributed by atoms with Crippen LogP contribution in [-0.4, -0.2) is 33.2 Å². The van der Waals surface area contributed by atoms with Crippen molar-refractivity contribution in [1.82, 2.24) is 15.2 Å². The van der Waals surface area contributed by atoms with Gasteiger partial charge in [0.05, 0.1) is 0 Å². The molecular weight excluding hydrogens is 389 g/mol. The third-order valence-electron chi connectivity index (χ3n) is 5.84. The van der Waals surface area contributed by atoms with E-state index in [0.29, 0.717) is 28.9 Å². The second-order valence-corrected chi connectivity index (χ2v) is 8.04. The molecule has 0 atom stereocenters. The van der Waals surface area contributed by atoms with Gasteiger partial charge in [-0.3, -0.25) is 4.79 Å². The molecule has 30 heavy (non-hydrogen) atoms. The quantitative estimate of drug-likeness (QED) is 0.642. The summed E-state index contributed by atoms with van der Waals surface area (Å²) in [5.41, 5.74) is 6.59. The van der Waals surface area contributed by atoms with Gasteiger partial charge < -0.3 is 20.2 Å². The fraction of sp³-hybridized carbons (Fsp3) is 0.333. The van der Waals surface area contributed by atoms with Gasteiger partial charge in [0, 0.05) is 17.8 Å². The van der Waals surface area contributed by atoms with Gasteiger partial charge in [0.25, 0.3) is 5.91 Å². The summed E-state index contributed by atoms with van der Waals surface area (Å²) in [6.07, 6.45) is 5.39. The Morgan fingerprint density at radius 3 is 2.67 bits per heavy atom. The first-order chi connectivity index (χ1) is 14.5. The van der Waals surface area contributed by atoms with Crippen molar-refractivity contribution in [2.24, 2.45) is 11.1 Å². The highest BCUT2D eigenvalue weighted by atomic mass is 19.1. The molecule has 9 heteroatoms. The average Bonchev–Trinajstić information content (AvgIpc) is 3.14. The van der Waals surface area contributed by atoms with Gasteiger partial charge in [-0.2, -0.15) is 0 Å². The van der Waals surface area contributed by atoms with E-state index in [2.05, 4.69) is 20.5 Å². The van der Waals surface area contributed by atoms with Crippen LogP contribution in [0.5, 0.6) is 5.88 Å². The lowest BCUT2D eigenvalue weighted by atomic mass is 9.53. The van der Waals surface area contributed by atoms with Crippen LogP contribution in [0.15, 0.2) is 47.0 Å². The zero-order valence-corrected chi connectivity index (χ0v) is 16.0. The number of primary amides is 1. The summed E-state index contributed by atoms with van der Waals surface area (Å²) in [5, 5.41) is 11.3. The van der Waals surface area contributed by atoms with E-state index in [1.165, 1.54) is 12.1 Å². The Morgan fingerprint density at radius 1 is 1.17 bits per heavy atom. The van der Waals surface area contributed by atoms with Gasteiger partial charge in [-0.15, -0.1) is 5.10 Å². The van der Waals surface area contributed by atoms with Crippen molar-refractivity contribution in [2.45, 2.75) is 37.8 Å². The van der Waals surface area contributed by atoms with Crippen LogP contribution < -0.4 is 15.8 Å². The zero-order valence-electron chi connectivity index (χ0n) is 16.0. The topological polar surface area (TPSA) is 116 Å². The largest absolute Gasteiger partial charge is 0.474 e. The van der Waals surface area contributed by atoms with Gasteiger partial charge in [-0.25, -0.2) is 9.37 Å². The highest BCUT2D eigenvalue weighted by molar-refractivity contribution is 5.94. The standard InChI is InChI=1S/C21H20FN5O3/c22-13-5-3-12(4-6-13)18-26-27-20(30-18)25-14-8-21(9-14)10-15(11-21)29-19-16(17(23)28)2-1-7-24-19/h1-7,14-15H,8-11H2,(H2,23,28)(H,25,27). The summed E-state index contributed by atoms with van der Waals surface area (Å²) in [7, 11) is 0. The Labute approximate surface area is 171 Å². The Balaban J connectivity index is 1.12. The first-order valence-corrected chi connectivity index (χ1v) is 9.77. The number of nitrogens with one attached hydrogen (secondary N) is 1. The van der Waals surface area contributed by atoms with E-state index in [1.54, 1.807) is 30.5 Å². The molecule has 3 N–H and O–H groups in total. The molecule has 0 radical (unpaired) electrons. The molecule has 1 aromatic carbocycles. The van der Waals surface area contributed by atoms with E-state index >= 15 is 0 Å². The number of carbonyl (C=O) groups excluding carboxylic acids is 1. The Hall–Kier alpha value is -3.49. The number of anilines is 1.